The average Bonchev–Trinajstić information content (AvgIpc) is 2.59. The number of nitriles is 1. The van der Waals surface area contributed by atoms with Gasteiger partial charge in [-0.2, -0.15) is 10.4 Å². The van der Waals surface area contributed by atoms with Gasteiger partial charge in [-0.05, 0) is 42.3 Å². The molecule has 1 aromatic heterocycles. The quantitative estimate of drug-likeness (QED) is 0.799. The van der Waals surface area contributed by atoms with Gasteiger partial charge < -0.3 is 10.1 Å². The molecule has 23 heavy (non-hydrogen) atoms. The molecule has 0 atom stereocenters. The van der Waals surface area contributed by atoms with Gasteiger partial charge in [0.05, 0.1) is 24.9 Å². The van der Waals surface area contributed by atoms with E-state index in [4.69, 9.17) is 10.00 Å². The molecule has 1 heterocycles. The summed E-state index contributed by atoms with van der Waals surface area (Å²) in [6.45, 7) is 2.65. The van der Waals surface area contributed by atoms with Crippen molar-refractivity contribution in [2.75, 3.05) is 12.4 Å². The van der Waals surface area contributed by atoms with Crippen LogP contribution < -0.4 is 10.1 Å². The Kier molecular flexibility index (Phi) is 4.07. The van der Waals surface area contributed by atoms with E-state index in [0.717, 1.165) is 27.6 Å². The van der Waals surface area contributed by atoms with Crippen molar-refractivity contribution in [2.24, 2.45) is 0 Å². The predicted octanol–water partition coefficient (Wildman–Crippen LogP) is 3.43. The van der Waals surface area contributed by atoms with Gasteiger partial charge in [-0.1, -0.05) is 12.1 Å². The Morgan fingerprint density at radius 1 is 1.22 bits per heavy atom. The van der Waals surface area contributed by atoms with E-state index in [9.17, 15) is 0 Å². The SMILES string of the molecule is COc1ccc(CNc2nncc3cc(C#N)ccc23)cc1C. The zero-order chi connectivity index (χ0) is 16.2. The fourth-order valence-electron chi connectivity index (χ4n) is 2.52. The third kappa shape index (κ3) is 3.06. The molecule has 0 amide bonds. The summed E-state index contributed by atoms with van der Waals surface area (Å²) in [7, 11) is 1.67. The number of nitrogens with zero attached hydrogens (tertiary/aromatic N) is 3. The highest BCUT2D eigenvalue weighted by molar-refractivity contribution is 5.91. The summed E-state index contributed by atoms with van der Waals surface area (Å²) >= 11 is 0. The second kappa shape index (κ2) is 6.32. The number of aryl methyl sites for hydroxylation is 1. The number of ether oxygens (including phenoxy) is 1. The summed E-state index contributed by atoms with van der Waals surface area (Å²) in [4.78, 5) is 0. The van der Waals surface area contributed by atoms with Crippen LogP contribution >= 0.6 is 0 Å². The Bertz CT molecular complexity index is 899. The summed E-state index contributed by atoms with van der Waals surface area (Å²) in [5.41, 5.74) is 2.84. The molecule has 0 aliphatic carbocycles. The van der Waals surface area contributed by atoms with Crippen LogP contribution in [-0.4, -0.2) is 17.3 Å². The van der Waals surface area contributed by atoms with Gasteiger partial charge >= 0.3 is 0 Å². The van der Waals surface area contributed by atoms with Crippen LogP contribution in [0.3, 0.4) is 0 Å². The number of fused-ring (bicyclic) bond motifs is 1. The van der Waals surface area contributed by atoms with E-state index in [2.05, 4.69) is 27.6 Å². The van der Waals surface area contributed by atoms with Crippen LogP contribution in [-0.2, 0) is 6.54 Å². The number of hydrogen-bond acceptors (Lipinski definition) is 5. The van der Waals surface area contributed by atoms with Gasteiger partial charge in [-0.3, -0.25) is 0 Å². The van der Waals surface area contributed by atoms with Crippen LogP contribution in [0.1, 0.15) is 16.7 Å². The van der Waals surface area contributed by atoms with E-state index in [1.54, 1.807) is 19.4 Å². The Hall–Kier alpha value is -3.13. The third-order valence-corrected chi connectivity index (χ3v) is 3.71. The molecule has 114 valence electrons. The van der Waals surface area contributed by atoms with E-state index >= 15 is 0 Å². The summed E-state index contributed by atoms with van der Waals surface area (Å²) in [5.74, 6) is 1.59. The zero-order valence-corrected chi connectivity index (χ0v) is 13.0. The first-order chi connectivity index (χ1) is 11.2. The molecule has 0 aliphatic heterocycles. The largest absolute Gasteiger partial charge is 0.496 e. The van der Waals surface area contributed by atoms with Gasteiger partial charge in [0, 0.05) is 17.3 Å². The van der Waals surface area contributed by atoms with Gasteiger partial charge in [0.2, 0.25) is 0 Å². The minimum Gasteiger partial charge on any atom is -0.496 e. The summed E-state index contributed by atoms with van der Waals surface area (Å²) in [6, 6.07) is 13.7. The number of aromatic nitrogens is 2. The van der Waals surface area contributed by atoms with Crippen molar-refractivity contribution in [2.45, 2.75) is 13.5 Å². The first-order valence-corrected chi connectivity index (χ1v) is 7.24. The summed E-state index contributed by atoms with van der Waals surface area (Å²) in [5, 5.41) is 22.3. The first-order valence-electron chi connectivity index (χ1n) is 7.24. The van der Waals surface area contributed by atoms with Crippen molar-refractivity contribution in [3.63, 3.8) is 0 Å². The molecule has 0 bridgehead atoms. The lowest BCUT2D eigenvalue weighted by Gasteiger charge is -2.10. The molecule has 0 unspecified atom stereocenters. The highest BCUT2D eigenvalue weighted by Gasteiger charge is 2.05. The normalized spacial score (nSPS) is 10.3. The third-order valence-electron chi connectivity index (χ3n) is 3.71. The van der Waals surface area contributed by atoms with Crippen molar-refractivity contribution < 1.29 is 4.74 Å². The maximum atomic E-state index is 8.98. The van der Waals surface area contributed by atoms with Gasteiger partial charge in [-0.15, -0.1) is 5.10 Å². The first kappa shape index (κ1) is 14.8. The van der Waals surface area contributed by atoms with E-state index in [1.807, 2.05) is 31.2 Å². The summed E-state index contributed by atoms with van der Waals surface area (Å²) < 4.78 is 5.27. The molecule has 1 N–H and O–H groups in total. The number of benzene rings is 2. The van der Waals surface area contributed by atoms with Crippen LogP contribution in [0.15, 0.2) is 42.6 Å². The molecule has 5 heteroatoms. The smallest absolute Gasteiger partial charge is 0.156 e. The molecule has 0 saturated carbocycles. The predicted molar refractivity (Wildman–Crippen MR) is 89.3 cm³/mol. The Morgan fingerprint density at radius 2 is 2.09 bits per heavy atom. The molecule has 2 aromatic carbocycles. The van der Waals surface area contributed by atoms with Crippen molar-refractivity contribution in [3.8, 4) is 11.8 Å². The molecular weight excluding hydrogens is 288 g/mol. The van der Waals surface area contributed by atoms with Crippen LogP contribution in [0.5, 0.6) is 5.75 Å². The second-order valence-electron chi connectivity index (χ2n) is 5.26. The summed E-state index contributed by atoms with van der Waals surface area (Å²) in [6.07, 6.45) is 1.67. The number of anilines is 1. The molecule has 3 aromatic rings. The highest BCUT2D eigenvalue weighted by Crippen LogP contribution is 2.23. The van der Waals surface area contributed by atoms with Crippen molar-refractivity contribution in [1.29, 1.82) is 5.26 Å². The lowest BCUT2D eigenvalue weighted by Crippen LogP contribution is -2.03. The molecule has 0 spiro atoms. The van der Waals surface area contributed by atoms with Crippen LogP contribution in [0, 0.1) is 18.3 Å². The maximum absolute atomic E-state index is 8.98. The molecular formula is C18H16N4O. The van der Waals surface area contributed by atoms with Crippen LogP contribution in [0.25, 0.3) is 10.8 Å². The standard InChI is InChI=1S/C18H16N4O/c1-12-7-14(4-6-17(12)23-2)10-20-18-16-5-3-13(9-19)8-15(16)11-21-22-18/h3-8,11H,10H2,1-2H3,(H,20,22). The highest BCUT2D eigenvalue weighted by atomic mass is 16.5. The monoisotopic (exact) mass is 304 g/mol. The van der Waals surface area contributed by atoms with E-state index in [0.29, 0.717) is 17.9 Å². The lowest BCUT2D eigenvalue weighted by molar-refractivity contribution is 0.411. The number of methoxy groups -OCH3 is 1. The molecule has 0 aliphatic rings. The van der Waals surface area contributed by atoms with Gasteiger partial charge in [-0.25, -0.2) is 0 Å². The van der Waals surface area contributed by atoms with Crippen LogP contribution in [0.4, 0.5) is 5.82 Å². The van der Waals surface area contributed by atoms with Gasteiger partial charge in [0.1, 0.15) is 5.75 Å². The second-order valence-corrected chi connectivity index (χ2v) is 5.26. The number of nitrogens with one attached hydrogen (secondary N) is 1. The average molecular weight is 304 g/mol. The Balaban J connectivity index is 1.85. The Morgan fingerprint density at radius 3 is 2.83 bits per heavy atom. The minimum absolute atomic E-state index is 0.613. The Labute approximate surface area is 134 Å². The number of rotatable bonds is 4. The van der Waals surface area contributed by atoms with Crippen molar-refractivity contribution in [1.82, 2.24) is 10.2 Å². The zero-order valence-electron chi connectivity index (χ0n) is 13.0. The number of hydrogen-bond donors (Lipinski definition) is 1. The maximum Gasteiger partial charge on any atom is 0.156 e. The molecule has 3 rings (SSSR count). The fourth-order valence-corrected chi connectivity index (χ4v) is 2.52. The van der Waals surface area contributed by atoms with Crippen molar-refractivity contribution in [3.05, 3.63) is 59.3 Å². The lowest BCUT2D eigenvalue weighted by atomic mass is 10.1. The molecule has 5 nitrogen and oxygen atoms in total. The van der Waals surface area contributed by atoms with Gasteiger partial charge in [0.25, 0.3) is 0 Å². The molecule has 0 fully saturated rings. The fraction of sp³-hybridized carbons (Fsp3) is 0.167. The molecule has 0 saturated heterocycles. The molecule has 0 radical (unpaired) electrons. The van der Waals surface area contributed by atoms with E-state index < -0.39 is 0 Å². The topological polar surface area (TPSA) is 70.8 Å². The van der Waals surface area contributed by atoms with Crippen LogP contribution in [0.2, 0.25) is 0 Å². The minimum atomic E-state index is 0.613. The van der Waals surface area contributed by atoms with E-state index in [1.165, 1.54) is 0 Å². The van der Waals surface area contributed by atoms with Gasteiger partial charge in [0.15, 0.2) is 5.82 Å². The van der Waals surface area contributed by atoms with E-state index in [-0.39, 0.29) is 0 Å². The van der Waals surface area contributed by atoms with Crippen molar-refractivity contribution >= 4 is 16.6 Å².